The van der Waals surface area contributed by atoms with Gasteiger partial charge in [0.15, 0.2) is 0 Å². The number of hydrogen-bond donors (Lipinski definition) is 0. The Balaban J connectivity index is 2.24. The molecule has 2 aromatic rings. The Morgan fingerprint density at radius 2 is 2.27 bits per heavy atom. The van der Waals surface area contributed by atoms with Crippen LogP contribution in [-0.4, -0.2) is 14.2 Å². The SMILES string of the molecule is CCn1ccn2nc(C3CC3)c(CCl)c12. The summed E-state index contributed by atoms with van der Waals surface area (Å²) in [5, 5.41) is 4.63. The van der Waals surface area contributed by atoms with Gasteiger partial charge in [-0.25, -0.2) is 4.52 Å². The highest BCUT2D eigenvalue weighted by Gasteiger charge is 2.30. The van der Waals surface area contributed by atoms with Gasteiger partial charge in [-0.15, -0.1) is 11.6 Å². The van der Waals surface area contributed by atoms with Gasteiger partial charge in [0, 0.05) is 30.4 Å². The normalized spacial score (nSPS) is 16.4. The predicted octanol–water partition coefficient (Wildman–Crippen LogP) is 2.77. The van der Waals surface area contributed by atoms with Crippen LogP contribution in [0.4, 0.5) is 0 Å². The average molecular weight is 224 g/mol. The second kappa shape index (κ2) is 3.27. The quantitative estimate of drug-likeness (QED) is 0.734. The number of alkyl halides is 1. The summed E-state index contributed by atoms with van der Waals surface area (Å²) in [5.74, 6) is 1.24. The van der Waals surface area contributed by atoms with Crippen molar-refractivity contribution in [1.82, 2.24) is 14.2 Å². The van der Waals surface area contributed by atoms with Gasteiger partial charge < -0.3 is 4.57 Å². The van der Waals surface area contributed by atoms with Gasteiger partial charge in [-0.3, -0.25) is 0 Å². The van der Waals surface area contributed by atoms with Gasteiger partial charge in [0.2, 0.25) is 0 Å². The Morgan fingerprint density at radius 3 is 2.87 bits per heavy atom. The Labute approximate surface area is 93.6 Å². The Bertz CT molecular complexity index is 493. The Kier molecular flexibility index (Phi) is 2.02. The minimum atomic E-state index is 0.569. The molecule has 3 rings (SSSR count). The van der Waals surface area contributed by atoms with Crippen molar-refractivity contribution in [3.05, 3.63) is 23.7 Å². The zero-order valence-corrected chi connectivity index (χ0v) is 9.54. The molecule has 0 unspecified atom stereocenters. The smallest absolute Gasteiger partial charge is 0.140 e. The molecule has 4 heteroatoms. The maximum atomic E-state index is 6.04. The fraction of sp³-hybridized carbons (Fsp3) is 0.545. The van der Waals surface area contributed by atoms with E-state index in [4.69, 9.17) is 11.6 Å². The summed E-state index contributed by atoms with van der Waals surface area (Å²) >= 11 is 6.04. The van der Waals surface area contributed by atoms with Crippen molar-refractivity contribution >= 4 is 17.2 Å². The number of nitrogens with zero attached hydrogens (tertiary/aromatic N) is 3. The first-order chi connectivity index (χ1) is 7.35. The molecule has 2 aromatic heterocycles. The molecule has 80 valence electrons. The van der Waals surface area contributed by atoms with Crippen LogP contribution in [0.3, 0.4) is 0 Å². The molecule has 0 N–H and O–H groups in total. The highest BCUT2D eigenvalue weighted by molar-refractivity contribution is 6.17. The van der Waals surface area contributed by atoms with Gasteiger partial charge in [-0.2, -0.15) is 5.10 Å². The number of aryl methyl sites for hydroxylation is 1. The van der Waals surface area contributed by atoms with E-state index in [0.29, 0.717) is 11.8 Å². The summed E-state index contributed by atoms with van der Waals surface area (Å²) in [5.41, 5.74) is 3.63. The first kappa shape index (κ1) is 9.28. The maximum absolute atomic E-state index is 6.04. The van der Waals surface area contributed by atoms with Crippen molar-refractivity contribution in [3.8, 4) is 0 Å². The Morgan fingerprint density at radius 1 is 1.47 bits per heavy atom. The minimum Gasteiger partial charge on any atom is -0.331 e. The molecular weight excluding hydrogens is 210 g/mol. The van der Waals surface area contributed by atoms with Crippen molar-refractivity contribution in [2.45, 2.75) is 38.1 Å². The molecular formula is C11H14ClN3. The van der Waals surface area contributed by atoms with Crippen molar-refractivity contribution in [2.75, 3.05) is 0 Å². The lowest BCUT2D eigenvalue weighted by Gasteiger charge is -2.00. The summed E-state index contributed by atoms with van der Waals surface area (Å²) in [6, 6.07) is 0. The summed E-state index contributed by atoms with van der Waals surface area (Å²) < 4.78 is 4.17. The lowest BCUT2D eigenvalue weighted by molar-refractivity contribution is 0.786. The molecule has 0 spiro atoms. The molecule has 0 aliphatic heterocycles. The van der Waals surface area contributed by atoms with Gasteiger partial charge in [0.1, 0.15) is 5.65 Å². The van der Waals surface area contributed by atoms with Gasteiger partial charge in [0.05, 0.1) is 11.6 Å². The number of halogens is 1. The molecule has 1 saturated carbocycles. The van der Waals surface area contributed by atoms with Crippen molar-refractivity contribution in [3.63, 3.8) is 0 Å². The third kappa shape index (κ3) is 1.29. The number of aromatic nitrogens is 3. The summed E-state index contributed by atoms with van der Waals surface area (Å²) in [7, 11) is 0. The second-order valence-corrected chi connectivity index (χ2v) is 4.39. The summed E-state index contributed by atoms with van der Waals surface area (Å²) in [4.78, 5) is 0. The molecule has 1 aliphatic rings. The fourth-order valence-electron chi connectivity index (χ4n) is 2.17. The van der Waals surface area contributed by atoms with Crippen LogP contribution in [0.15, 0.2) is 12.4 Å². The molecule has 0 atom stereocenters. The van der Waals surface area contributed by atoms with Crippen LogP contribution in [0.25, 0.3) is 5.65 Å². The van der Waals surface area contributed by atoms with Crippen molar-refractivity contribution in [2.24, 2.45) is 0 Å². The largest absolute Gasteiger partial charge is 0.331 e. The highest BCUT2D eigenvalue weighted by atomic mass is 35.5. The standard InChI is InChI=1S/C11H14ClN3/c1-2-14-5-6-15-11(14)9(7-12)10(13-15)8-3-4-8/h5-6,8H,2-4,7H2,1H3. The molecule has 0 aromatic carbocycles. The molecule has 1 aliphatic carbocycles. The summed E-state index contributed by atoms with van der Waals surface area (Å²) in [6.45, 7) is 3.11. The van der Waals surface area contributed by atoms with E-state index in [2.05, 4.69) is 22.8 Å². The van der Waals surface area contributed by atoms with Gasteiger partial charge in [0.25, 0.3) is 0 Å². The summed E-state index contributed by atoms with van der Waals surface area (Å²) in [6.07, 6.45) is 6.63. The predicted molar refractivity (Wildman–Crippen MR) is 60.4 cm³/mol. The van der Waals surface area contributed by atoms with Gasteiger partial charge in [-0.1, -0.05) is 0 Å². The van der Waals surface area contributed by atoms with Crippen LogP contribution in [0.1, 0.15) is 36.9 Å². The van der Waals surface area contributed by atoms with Crippen molar-refractivity contribution in [1.29, 1.82) is 0 Å². The van der Waals surface area contributed by atoms with E-state index in [1.807, 2.05) is 10.7 Å². The van der Waals surface area contributed by atoms with Crippen LogP contribution >= 0.6 is 11.6 Å². The van der Waals surface area contributed by atoms with E-state index in [1.165, 1.54) is 29.7 Å². The van der Waals surface area contributed by atoms with Crippen LogP contribution in [0, 0.1) is 0 Å². The van der Waals surface area contributed by atoms with E-state index in [1.54, 1.807) is 0 Å². The zero-order chi connectivity index (χ0) is 10.4. The average Bonchev–Trinajstić information content (AvgIpc) is 2.91. The van der Waals surface area contributed by atoms with Crippen LogP contribution in [0.2, 0.25) is 0 Å². The van der Waals surface area contributed by atoms with Gasteiger partial charge in [-0.05, 0) is 19.8 Å². The Hall–Kier alpha value is -0.960. The van der Waals surface area contributed by atoms with E-state index < -0.39 is 0 Å². The number of hydrogen-bond acceptors (Lipinski definition) is 1. The lowest BCUT2D eigenvalue weighted by atomic mass is 10.2. The van der Waals surface area contributed by atoms with Gasteiger partial charge >= 0.3 is 0 Å². The monoisotopic (exact) mass is 223 g/mol. The molecule has 3 nitrogen and oxygen atoms in total. The van der Waals surface area contributed by atoms with E-state index >= 15 is 0 Å². The van der Waals surface area contributed by atoms with E-state index in [9.17, 15) is 0 Å². The third-order valence-electron chi connectivity index (χ3n) is 3.11. The van der Waals surface area contributed by atoms with Crippen LogP contribution in [-0.2, 0) is 12.4 Å². The molecule has 15 heavy (non-hydrogen) atoms. The highest BCUT2D eigenvalue weighted by Crippen LogP contribution is 2.42. The number of fused-ring (bicyclic) bond motifs is 1. The first-order valence-electron chi connectivity index (χ1n) is 5.47. The van der Waals surface area contributed by atoms with E-state index in [-0.39, 0.29) is 0 Å². The molecule has 0 amide bonds. The lowest BCUT2D eigenvalue weighted by Crippen LogP contribution is -1.94. The van der Waals surface area contributed by atoms with E-state index in [0.717, 1.165) is 6.54 Å². The molecule has 0 bridgehead atoms. The molecule has 0 radical (unpaired) electrons. The van der Waals surface area contributed by atoms with Crippen LogP contribution < -0.4 is 0 Å². The molecule has 2 heterocycles. The number of imidazole rings is 1. The number of rotatable bonds is 3. The third-order valence-corrected chi connectivity index (χ3v) is 3.38. The van der Waals surface area contributed by atoms with Crippen molar-refractivity contribution < 1.29 is 0 Å². The zero-order valence-electron chi connectivity index (χ0n) is 8.78. The topological polar surface area (TPSA) is 22.2 Å². The second-order valence-electron chi connectivity index (χ2n) is 4.12. The molecule has 0 saturated heterocycles. The minimum absolute atomic E-state index is 0.569. The first-order valence-corrected chi connectivity index (χ1v) is 6.00. The van der Waals surface area contributed by atoms with Crippen LogP contribution in [0.5, 0.6) is 0 Å². The maximum Gasteiger partial charge on any atom is 0.140 e. The molecule has 1 fully saturated rings. The fourth-order valence-corrected chi connectivity index (χ4v) is 2.42.